The van der Waals surface area contributed by atoms with Gasteiger partial charge in [-0.3, -0.25) is 4.99 Å². The van der Waals surface area contributed by atoms with E-state index >= 15 is 0 Å². The number of rotatable bonds is 1. The molecule has 1 aliphatic rings. The number of carbonyl (C=O) groups is 1. The highest BCUT2D eigenvalue weighted by Crippen LogP contribution is 2.18. The molecule has 4 nitrogen and oxygen atoms in total. The van der Waals surface area contributed by atoms with Gasteiger partial charge in [0, 0.05) is 17.5 Å². The zero-order valence-corrected chi connectivity index (χ0v) is 6.82. The Balaban J connectivity index is 2.48. The lowest BCUT2D eigenvalue weighted by atomic mass is 10.1. The number of nitrogens with zero attached hydrogens (tertiary/aromatic N) is 1. The van der Waals surface area contributed by atoms with Crippen LogP contribution in [0.3, 0.4) is 0 Å². The molecule has 2 rings (SSSR count). The molecule has 0 aliphatic carbocycles. The van der Waals surface area contributed by atoms with Crippen LogP contribution < -0.4 is 5.32 Å². The Bertz CT molecular complexity index is 385. The molecule has 13 heavy (non-hydrogen) atoms. The molecule has 0 spiro atoms. The lowest BCUT2D eigenvalue weighted by Crippen LogP contribution is -2.09. The summed E-state index contributed by atoms with van der Waals surface area (Å²) in [6.07, 6.45) is 1.73. The van der Waals surface area contributed by atoms with Gasteiger partial charge in [0.2, 0.25) is 0 Å². The number of aromatic carboxylic acids is 1. The summed E-state index contributed by atoms with van der Waals surface area (Å²) >= 11 is 0. The van der Waals surface area contributed by atoms with E-state index in [9.17, 15) is 4.79 Å². The third-order valence-corrected chi connectivity index (χ3v) is 1.89. The Morgan fingerprint density at radius 2 is 2.38 bits per heavy atom. The Labute approximate surface area is 74.9 Å². The normalized spacial score (nSPS) is 13.2. The number of carboxylic acids is 1. The van der Waals surface area contributed by atoms with Crippen LogP contribution in [0.1, 0.15) is 15.9 Å². The van der Waals surface area contributed by atoms with Crippen LogP contribution >= 0.6 is 0 Å². The van der Waals surface area contributed by atoms with Crippen LogP contribution in [0.15, 0.2) is 23.2 Å². The number of benzene rings is 1. The van der Waals surface area contributed by atoms with Crippen molar-refractivity contribution in [2.75, 3.05) is 12.0 Å². The van der Waals surface area contributed by atoms with Gasteiger partial charge in [-0.25, -0.2) is 4.79 Å². The third kappa shape index (κ3) is 1.38. The summed E-state index contributed by atoms with van der Waals surface area (Å²) in [6, 6.07) is 4.93. The number of anilines is 1. The van der Waals surface area contributed by atoms with Crippen molar-refractivity contribution >= 4 is 17.9 Å². The molecule has 0 amide bonds. The highest BCUT2D eigenvalue weighted by Gasteiger charge is 2.08. The SMILES string of the molecule is O=C(O)c1ccc2c(c1)NCN=C2. The molecule has 0 unspecified atom stereocenters. The highest BCUT2D eigenvalue weighted by atomic mass is 16.4. The average molecular weight is 176 g/mol. The van der Waals surface area contributed by atoms with Crippen molar-refractivity contribution in [1.29, 1.82) is 0 Å². The molecule has 66 valence electrons. The van der Waals surface area contributed by atoms with Gasteiger partial charge < -0.3 is 10.4 Å². The summed E-state index contributed by atoms with van der Waals surface area (Å²) in [5.41, 5.74) is 2.05. The van der Waals surface area contributed by atoms with Gasteiger partial charge >= 0.3 is 5.97 Å². The molecule has 0 fully saturated rings. The average Bonchev–Trinajstić information content (AvgIpc) is 2.17. The summed E-state index contributed by atoms with van der Waals surface area (Å²) in [7, 11) is 0. The van der Waals surface area contributed by atoms with Gasteiger partial charge in [-0.1, -0.05) is 6.07 Å². The molecular weight excluding hydrogens is 168 g/mol. The van der Waals surface area contributed by atoms with Crippen molar-refractivity contribution in [1.82, 2.24) is 0 Å². The molecule has 2 N–H and O–H groups in total. The molecule has 4 heteroatoms. The highest BCUT2D eigenvalue weighted by molar-refractivity contribution is 5.94. The summed E-state index contributed by atoms with van der Waals surface area (Å²) in [6.45, 7) is 0.510. The topological polar surface area (TPSA) is 61.7 Å². The second-order valence-corrected chi connectivity index (χ2v) is 2.75. The number of fused-ring (bicyclic) bond motifs is 1. The van der Waals surface area contributed by atoms with E-state index in [1.54, 1.807) is 24.4 Å². The monoisotopic (exact) mass is 176 g/mol. The van der Waals surface area contributed by atoms with Gasteiger partial charge in [0.25, 0.3) is 0 Å². The first-order valence-electron chi connectivity index (χ1n) is 3.88. The summed E-state index contributed by atoms with van der Waals surface area (Å²) in [5, 5.41) is 11.7. The van der Waals surface area contributed by atoms with Gasteiger partial charge in [-0.05, 0) is 12.1 Å². The van der Waals surface area contributed by atoms with Crippen molar-refractivity contribution in [2.24, 2.45) is 4.99 Å². The maximum atomic E-state index is 10.6. The third-order valence-electron chi connectivity index (χ3n) is 1.89. The Kier molecular flexibility index (Phi) is 1.73. The molecule has 1 aromatic rings. The van der Waals surface area contributed by atoms with Crippen LogP contribution in [-0.4, -0.2) is 24.0 Å². The standard InChI is InChI=1S/C9H8N2O2/c12-9(13)6-1-2-7-4-10-5-11-8(7)3-6/h1-4,11H,5H2,(H,12,13). The molecule has 0 radical (unpaired) electrons. The molecule has 0 saturated heterocycles. The first-order valence-corrected chi connectivity index (χ1v) is 3.88. The zero-order valence-electron chi connectivity index (χ0n) is 6.82. The number of nitrogens with one attached hydrogen (secondary N) is 1. The lowest BCUT2D eigenvalue weighted by Gasteiger charge is -2.12. The molecular formula is C9H8N2O2. The van der Waals surface area contributed by atoms with E-state index in [2.05, 4.69) is 10.3 Å². The second kappa shape index (κ2) is 2.90. The van der Waals surface area contributed by atoms with E-state index in [4.69, 9.17) is 5.11 Å². The summed E-state index contributed by atoms with van der Waals surface area (Å²) in [5.74, 6) is -0.910. The molecule has 0 saturated carbocycles. The van der Waals surface area contributed by atoms with Crippen molar-refractivity contribution < 1.29 is 9.90 Å². The van der Waals surface area contributed by atoms with Crippen molar-refractivity contribution in [3.05, 3.63) is 29.3 Å². The minimum absolute atomic E-state index is 0.293. The fourth-order valence-corrected chi connectivity index (χ4v) is 1.23. The Hall–Kier alpha value is -1.84. The van der Waals surface area contributed by atoms with E-state index in [0.29, 0.717) is 12.2 Å². The maximum Gasteiger partial charge on any atom is 0.335 e. The van der Waals surface area contributed by atoms with Gasteiger partial charge in [0.1, 0.15) is 6.67 Å². The van der Waals surface area contributed by atoms with Gasteiger partial charge in [0.05, 0.1) is 5.56 Å². The maximum absolute atomic E-state index is 10.6. The van der Waals surface area contributed by atoms with Gasteiger partial charge in [-0.15, -0.1) is 0 Å². The summed E-state index contributed by atoms with van der Waals surface area (Å²) in [4.78, 5) is 14.6. The van der Waals surface area contributed by atoms with Crippen molar-refractivity contribution in [3.8, 4) is 0 Å². The number of carboxylic acid groups (broad SMARTS) is 1. The van der Waals surface area contributed by atoms with Crippen LogP contribution in [-0.2, 0) is 0 Å². The number of aliphatic imine (C=N–C) groups is 1. The van der Waals surface area contributed by atoms with Crippen LogP contribution in [0.2, 0.25) is 0 Å². The van der Waals surface area contributed by atoms with Gasteiger partial charge in [0.15, 0.2) is 0 Å². The van der Waals surface area contributed by atoms with Crippen molar-refractivity contribution in [2.45, 2.75) is 0 Å². The van der Waals surface area contributed by atoms with Crippen LogP contribution in [0.4, 0.5) is 5.69 Å². The minimum atomic E-state index is -0.910. The van der Waals surface area contributed by atoms with Gasteiger partial charge in [-0.2, -0.15) is 0 Å². The minimum Gasteiger partial charge on any atom is -0.478 e. The molecule has 1 aliphatic heterocycles. The predicted octanol–water partition coefficient (Wildman–Crippen LogP) is 1.19. The van der Waals surface area contributed by atoms with E-state index in [0.717, 1.165) is 11.3 Å². The second-order valence-electron chi connectivity index (χ2n) is 2.75. The quantitative estimate of drug-likeness (QED) is 0.675. The van der Waals surface area contributed by atoms with E-state index < -0.39 is 5.97 Å². The number of hydrogen-bond donors (Lipinski definition) is 2. The van der Waals surface area contributed by atoms with Crippen molar-refractivity contribution in [3.63, 3.8) is 0 Å². The Morgan fingerprint density at radius 3 is 3.15 bits per heavy atom. The zero-order chi connectivity index (χ0) is 9.26. The first-order chi connectivity index (χ1) is 6.27. The molecule has 0 atom stereocenters. The fraction of sp³-hybridized carbons (Fsp3) is 0.111. The molecule has 0 bridgehead atoms. The number of hydrogen-bond acceptors (Lipinski definition) is 3. The van der Waals surface area contributed by atoms with E-state index in [-0.39, 0.29) is 0 Å². The van der Waals surface area contributed by atoms with E-state index in [1.807, 2.05) is 0 Å². The molecule has 0 aromatic heterocycles. The Morgan fingerprint density at radius 1 is 1.54 bits per heavy atom. The first kappa shape index (κ1) is 7.79. The van der Waals surface area contributed by atoms with Crippen LogP contribution in [0.5, 0.6) is 0 Å². The smallest absolute Gasteiger partial charge is 0.335 e. The predicted molar refractivity (Wildman–Crippen MR) is 49.5 cm³/mol. The van der Waals surface area contributed by atoms with Crippen LogP contribution in [0.25, 0.3) is 0 Å². The van der Waals surface area contributed by atoms with Crippen LogP contribution in [0, 0.1) is 0 Å². The fourth-order valence-electron chi connectivity index (χ4n) is 1.23. The molecule has 1 aromatic carbocycles. The molecule has 1 heterocycles. The lowest BCUT2D eigenvalue weighted by molar-refractivity contribution is 0.0697. The largest absolute Gasteiger partial charge is 0.478 e. The van der Waals surface area contributed by atoms with E-state index in [1.165, 1.54) is 0 Å². The summed E-state index contributed by atoms with van der Waals surface area (Å²) < 4.78 is 0.